The van der Waals surface area contributed by atoms with Crippen molar-refractivity contribution in [1.29, 1.82) is 0 Å². The topological polar surface area (TPSA) is 68.7 Å². The van der Waals surface area contributed by atoms with Crippen LogP contribution in [0.15, 0.2) is 58.3 Å². The Hall–Kier alpha value is -3.08. The number of nitrogens with one attached hydrogen (secondary N) is 1. The number of nitrogens with zero attached hydrogens (tertiary/aromatic N) is 2. The first-order valence-electron chi connectivity index (χ1n) is 8.95. The Morgan fingerprint density at radius 1 is 0.962 bits per heavy atom. The molecule has 5 nitrogen and oxygen atoms in total. The lowest BCUT2D eigenvalue weighted by Gasteiger charge is -2.28. The summed E-state index contributed by atoms with van der Waals surface area (Å²) >= 11 is 0. The van der Waals surface area contributed by atoms with Gasteiger partial charge in [0, 0.05) is 35.8 Å². The SMILES string of the molecule is O=c1[nH]c(O)c(C=Nc2ccc(N3CCCCC3)cc2)c2ccccc12. The van der Waals surface area contributed by atoms with E-state index in [-0.39, 0.29) is 11.4 Å². The van der Waals surface area contributed by atoms with E-state index >= 15 is 0 Å². The van der Waals surface area contributed by atoms with Crippen LogP contribution in [0.5, 0.6) is 5.88 Å². The molecule has 0 spiro atoms. The van der Waals surface area contributed by atoms with E-state index in [1.807, 2.05) is 24.3 Å². The molecule has 2 heterocycles. The largest absolute Gasteiger partial charge is 0.494 e. The van der Waals surface area contributed by atoms with Gasteiger partial charge in [-0.05, 0) is 49.6 Å². The average Bonchev–Trinajstić information content (AvgIpc) is 2.69. The second-order valence-electron chi connectivity index (χ2n) is 6.58. The highest BCUT2D eigenvalue weighted by Crippen LogP contribution is 2.24. The van der Waals surface area contributed by atoms with E-state index in [2.05, 4.69) is 27.0 Å². The van der Waals surface area contributed by atoms with Gasteiger partial charge in [0.2, 0.25) is 5.88 Å². The second-order valence-corrected chi connectivity index (χ2v) is 6.58. The van der Waals surface area contributed by atoms with Crippen LogP contribution in [0.3, 0.4) is 0 Å². The Morgan fingerprint density at radius 2 is 1.65 bits per heavy atom. The van der Waals surface area contributed by atoms with Crippen molar-refractivity contribution in [2.24, 2.45) is 4.99 Å². The Bertz CT molecular complexity index is 1000. The first-order valence-corrected chi connectivity index (χ1v) is 8.95. The lowest BCUT2D eigenvalue weighted by molar-refractivity contribution is 0.452. The standard InChI is InChI=1S/C21H21N3O2/c25-20-18-7-3-2-6-17(18)19(21(26)23-20)14-22-15-8-10-16(11-9-15)24-12-4-1-5-13-24/h2-3,6-11,14H,1,4-5,12-13H2,(H2,23,25,26). The smallest absolute Gasteiger partial charge is 0.258 e. The predicted molar refractivity (Wildman–Crippen MR) is 106 cm³/mol. The molecule has 1 aliphatic rings. The van der Waals surface area contributed by atoms with Gasteiger partial charge in [-0.2, -0.15) is 0 Å². The molecule has 0 saturated carbocycles. The van der Waals surface area contributed by atoms with Gasteiger partial charge in [-0.25, -0.2) is 0 Å². The van der Waals surface area contributed by atoms with Gasteiger partial charge >= 0.3 is 0 Å². The van der Waals surface area contributed by atoms with Crippen LogP contribution in [-0.4, -0.2) is 29.4 Å². The Labute approximate surface area is 151 Å². The van der Waals surface area contributed by atoms with Crippen LogP contribution < -0.4 is 10.5 Å². The summed E-state index contributed by atoms with van der Waals surface area (Å²) in [6.07, 6.45) is 5.41. The molecule has 1 fully saturated rings. The van der Waals surface area contributed by atoms with Crippen LogP contribution in [0.4, 0.5) is 11.4 Å². The molecule has 0 bridgehead atoms. The van der Waals surface area contributed by atoms with Gasteiger partial charge in [0.1, 0.15) is 0 Å². The van der Waals surface area contributed by atoms with Crippen LogP contribution in [0.1, 0.15) is 24.8 Å². The zero-order chi connectivity index (χ0) is 17.9. The summed E-state index contributed by atoms with van der Waals surface area (Å²) in [5, 5.41) is 11.3. The van der Waals surface area contributed by atoms with Crippen LogP contribution in [0, 0.1) is 0 Å². The number of aliphatic imine (C=N–C) groups is 1. The Morgan fingerprint density at radius 3 is 2.38 bits per heavy atom. The van der Waals surface area contributed by atoms with Crippen molar-refractivity contribution in [3.05, 3.63) is 64.4 Å². The van der Waals surface area contributed by atoms with Crippen LogP contribution in [0.2, 0.25) is 0 Å². The maximum atomic E-state index is 11.9. The number of benzene rings is 2. The number of aromatic amines is 1. The molecular formula is C21H21N3O2. The van der Waals surface area contributed by atoms with E-state index in [1.165, 1.54) is 24.9 Å². The number of piperidine rings is 1. The van der Waals surface area contributed by atoms with Crippen LogP contribution >= 0.6 is 0 Å². The molecule has 0 atom stereocenters. The summed E-state index contributed by atoms with van der Waals surface area (Å²) in [5.41, 5.74) is 2.24. The third kappa shape index (κ3) is 3.20. The highest BCUT2D eigenvalue weighted by molar-refractivity contribution is 6.01. The third-order valence-electron chi connectivity index (χ3n) is 4.86. The molecular weight excluding hydrogens is 326 g/mol. The number of hydrogen-bond acceptors (Lipinski definition) is 4. The number of fused-ring (bicyclic) bond motifs is 1. The summed E-state index contributed by atoms with van der Waals surface area (Å²) in [6, 6.07) is 15.3. The Balaban J connectivity index is 1.62. The van der Waals surface area contributed by atoms with E-state index in [1.54, 1.807) is 18.3 Å². The van der Waals surface area contributed by atoms with Gasteiger partial charge in [0.15, 0.2) is 0 Å². The molecule has 2 N–H and O–H groups in total. The van der Waals surface area contributed by atoms with Gasteiger partial charge in [-0.1, -0.05) is 18.2 Å². The normalized spacial score (nSPS) is 15.0. The van der Waals surface area contributed by atoms with E-state index in [0.29, 0.717) is 16.3 Å². The number of aromatic nitrogens is 1. The monoisotopic (exact) mass is 347 g/mol. The molecule has 1 saturated heterocycles. The van der Waals surface area contributed by atoms with Crippen LogP contribution in [-0.2, 0) is 0 Å². The molecule has 26 heavy (non-hydrogen) atoms. The van der Waals surface area contributed by atoms with Crippen molar-refractivity contribution in [1.82, 2.24) is 4.98 Å². The van der Waals surface area contributed by atoms with E-state index in [0.717, 1.165) is 18.8 Å². The number of H-pyrrole nitrogens is 1. The number of hydrogen-bond donors (Lipinski definition) is 2. The zero-order valence-electron chi connectivity index (χ0n) is 14.5. The maximum Gasteiger partial charge on any atom is 0.258 e. The number of aromatic hydroxyl groups is 1. The fourth-order valence-corrected chi connectivity index (χ4v) is 3.46. The van der Waals surface area contributed by atoms with E-state index in [9.17, 15) is 9.90 Å². The number of pyridine rings is 1. The van der Waals surface area contributed by atoms with Gasteiger partial charge < -0.3 is 10.0 Å². The molecule has 0 unspecified atom stereocenters. The summed E-state index contributed by atoms with van der Waals surface area (Å²) < 4.78 is 0. The van der Waals surface area contributed by atoms with Gasteiger partial charge in [0.25, 0.3) is 5.56 Å². The molecule has 2 aromatic carbocycles. The van der Waals surface area contributed by atoms with Gasteiger partial charge in [0.05, 0.1) is 11.3 Å². The van der Waals surface area contributed by atoms with Crippen molar-refractivity contribution in [2.45, 2.75) is 19.3 Å². The summed E-state index contributed by atoms with van der Waals surface area (Å²) in [5.74, 6) is -0.164. The minimum atomic E-state index is -0.305. The molecule has 3 aromatic rings. The number of rotatable bonds is 3. The lowest BCUT2D eigenvalue weighted by atomic mass is 10.1. The van der Waals surface area contributed by atoms with Gasteiger partial charge in [-0.15, -0.1) is 0 Å². The van der Waals surface area contributed by atoms with E-state index < -0.39 is 0 Å². The molecule has 0 radical (unpaired) electrons. The minimum absolute atomic E-state index is 0.164. The lowest BCUT2D eigenvalue weighted by Crippen LogP contribution is -2.29. The zero-order valence-corrected chi connectivity index (χ0v) is 14.5. The first-order chi connectivity index (χ1) is 12.7. The highest BCUT2D eigenvalue weighted by atomic mass is 16.3. The summed E-state index contributed by atoms with van der Waals surface area (Å²) in [4.78, 5) is 21.3. The maximum absolute atomic E-state index is 11.9. The fourth-order valence-electron chi connectivity index (χ4n) is 3.46. The molecule has 5 heteroatoms. The molecule has 1 aliphatic heterocycles. The van der Waals surface area contributed by atoms with Crippen molar-refractivity contribution < 1.29 is 5.11 Å². The van der Waals surface area contributed by atoms with Crippen LogP contribution in [0.25, 0.3) is 10.8 Å². The van der Waals surface area contributed by atoms with Crippen molar-refractivity contribution >= 4 is 28.4 Å². The van der Waals surface area contributed by atoms with Crippen molar-refractivity contribution in [2.75, 3.05) is 18.0 Å². The average molecular weight is 347 g/mol. The van der Waals surface area contributed by atoms with Gasteiger partial charge in [-0.3, -0.25) is 14.8 Å². The summed E-state index contributed by atoms with van der Waals surface area (Å²) in [7, 11) is 0. The Kier molecular flexibility index (Phi) is 4.44. The molecule has 0 aliphatic carbocycles. The van der Waals surface area contributed by atoms with Crippen molar-refractivity contribution in [3.63, 3.8) is 0 Å². The molecule has 0 amide bonds. The minimum Gasteiger partial charge on any atom is -0.494 e. The van der Waals surface area contributed by atoms with Crippen molar-refractivity contribution in [3.8, 4) is 5.88 Å². The first kappa shape index (κ1) is 16.4. The predicted octanol–water partition coefficient (Wildman–Crippen LogP) is 3.97. The van der Waals surface area contributed by atoms with E-state index in [4.69, 9.17) is 0 Å². The number of anilines is 1. The quantitative estimate of drug-likeness (QED) is 0.704. The third-order valence-corrected chi connectivity index (χ3v) is 4.86. The summed E-state index contributed by atoms with van der Waals surface area (Å²) in [6.45, 7) is 2.22. The molecule has 1 aromatic heterocycles. The second kappa shape index (κ2) is 7.04. The molecule has 4 rings (SSSR count). The highest BCUT2D eigenvalue weighted by Gasteiger charge is 2.11. The fraction of sp³-hybridized carbons (Fsp3) is 0.238. The molecule has 132 valence electrons.